The topological polar surface area (TPSA) is 9.23 Å². The first-order valence-electron chi connectivity index (χ1n) is 7.54. The lowest BCUT2D eigenvalue weighted by atomic mass is 9.78. The molecule has 0 N–H and O–H groups in total. The number of rotatable bonds is 2. The van der Waals surface area contributed by atoms with Crippen molar-refractivity contribution in [2.45, 2.75) is 72.3 Å². The molecule has 18 heavy (non-hydrogen) atoms. The molecule has 1 saturated carbocycles. The molecule has 0 amide bonds. The molecular formula is C17H28O. The van der Waals surface area contributed by atoms with Gasteiger partial charge >= 0.3 is 0 Å². The van der Waals surface area contributed by atoms with E-state index in [9.17, 15) is 0 Å². The van der Waals surface area contributed by atoms with Crippen LogP contribution in [0.2, 0.25) is 0 Å². The molecule has 0 bridgehead atoms. The van der Waals surface area contributed by atoms with Crippen LogP contribution < -0.4 is 0 Å². The van der Waals surface area contributed by atoms with Crippen molar-refractivity contribution in [2.75, 3.05) is 0 Å². The minimum Gasteiger partial charge on any atom is -0.494 e. The number of allylic oxidation sites excluding steroid dienone is 4. The molecule has 1 nitrogen and oxygen atoms in total. The van der Waals surface area contributed by atoms with E-state index in [4.69, 9.17) is 4.74 Å². The summed E-state index contributed by atoms with van der Waals surface area (Å²) in [7, 11) is 0. The van der Waals surface area contributed by atoms with Gasteiger partial charge in [-0.3, -0.25) is 0 Å². The van der Waals surface area contributed by atoms with Crippen LogP contribution in [0.4, 0.5) is 0 Å². The molecule has 2 aliphatic rings. The monoisotopic (exact) mass is 248 g/mol. The minimum absolute atomic E-state index is 0.293. The zero-order valence-electron chi connectivity index (χ0n) is 12.5. The molecule has 0 heterocycles. The predicted octanol–water partition coefficient (Wildman–Crippen LogP) is 5.23. The maximum Gasteiger partial charge on any atom is 0.0995 e. The molecule has 0 aliphatic heterocycles. The summed E-state index contributed by atoms with van der Waals surface area (Å²) in [6.07, 6.45) is 12.7. The molecule has 0 radical (unpaired) electrons. The van der Waals surface area contributed by atoms with Gasteiger partial charge < -0.3 is 4.74 Å². The molecule has 1 atom stereocenters. The summed E-state index contributed by atoms with van der Waals surface area (Å²) in [6, 6.07) is 0. The fraction of sp³-hybridized carbons (Fsp3) is 0.765. The molecule has 1 unspecified atom stereocenters. The van der Waals surface area contributed by atoms with Crippen molar-refractivity contribution in [2.24, 2.45) is 11.3 Å². The molecule has 2 aliphatic carbocycles. The molecule has 0 aromatic heterocycles. The van der Waals surface area contributed by atoms with Crippen LogP contribution in [-0.2, 0) is 4.74 Å². The first-order valence-corrected chi connectivity index (χ1v) is 7.54. The van der Waals surface area contributed by atoms with Gasteiger partial charge in [0.05, 0.1) is 11.9 Å². The minimum atomic E-state index is 0.293. The average Bonchev–Trinajstić information content (AvgIpc) is 2.32. The molecule has 0 saturated heterocycles. The Kier molecular flexibility index (Phi) is 4.19. The molecule has 102 valence electrons. The Bertz CT molecular complexity index is 337. The van der Waals surface area contributed by atoms with Crippen molar-refractivity contribution in [3.63, 3.8) is 0 Å². The standard InChI is InChI=1S/C17H28O/c1-13-12-14(17(2,3)4)10-11-16(13)18-15-8-6-5-7-9-15/h10-11,13,15H,5-9,12H2,1-4H3. The molecule has 0 spiro atoms. The van der Waals surface area contributed by atoms with E-state index in [1.807, 2.05) is 0 Å². The van der Waals surface area contributed by atoms with E-state index in [0.717, 1.165) is 6.42 Å². The fourth-order valence-electron chi connectivity index (χ4n) is 2.93. The number of ether oxygens (including phenoxy) is 1. The highest BCUT2D eigenvalue weighted by atomic mass is 16.5. The summed E-state index contributed by atoms with van der Waals surface area (Å²) in [6.45, 7) is 9.19. The lowest BCUT2D eigenvalue weighted by Crippen LogP contribution is -2.22. The Balaban J connectivity index is 2.00. The largest absolute Gasteiger partial charge is 0.494 e. The van der Waals surface area contributed by atoms with Crippen molar-refractivity contribution in [3.05, 3.63) is 23.5 Å². The van der Waals surface area contributed by atoms with Gasteiger partial charge in [0.2, 0.25) is 0 Å². The Morgan fingerprint density at radius 3 is 2.28 bits per heavy atom. The lowest BCUT2D eigenvalue weighted by molar-refractivity contribution is 0.0641. The van der Waals surface area contributed by atoms with Crippen LogP contribution in [0, 0.1) is 11.3 Å². The predicted molar refractivity (Wildman–Crippen MR) is 77.4 cm³/mol. The van der Waals surface area contributed by atoms with Gasteiger partial charge in [-0.05, 0) is 43.6 Å². The van der Waals surface area contributed by atoms with Crippen LogP contribution in [0.5, 0.6) is 0 Å². The van der Waals surface area contributed by atoms with E-state index in [1.165, 1.54) is 37.9 Å². The van der Waals surface area contributed by atoms with Crippen molar-refractivity contribution in [1.29, 1.82) is 0 Å². The number of hydrogen-bond acceptors (Lipinski definition) is 1. The Hall–Kier alpha value is -0.720. The van der Waals surface area contributed by atoms with Crippen molar-refractivity contribution >= 4 is 0 Å². The van der Waals surface area contributed by atoms with Gasteiger partial charge in [0.25, 0.3) is 0 Å². The maximum absolute atomic E-state index is 6.22. The first kappa shape index (κ1) is 13.7. The second-order valence-electron chi connectivity index (χ2n) is 6.99. The highest BCUT2D eigenvalue weighted by Crippen LogP contribution is 2.37. The lowest BCUT2D eigenvalue weighted by Gasteiger charge is -2.32. The van der Waals surface area contributed by atoms with Crippen molar-refractivity contribution < 1.29 is 4.74 Å². The quantitative estimate of drug-likeness (QED) is 0.650. The second kappa shape index (κ2) is 5.50. The smallest absolute Gasteiger partial charge is 0.0995 e. The van der Waals surface area contributed by atoms with Crippen molar-refractivity contribution in [1.82, 2.24) is 0 Å². The molecule has 2 rings (SSSR count). The Morgan fingerprint density at radius 1 is 1.06 bits per heavy atom. The summed E-state index contributed by atoms with van der Waals surface area (Å²) >= 11 is 0. The van der Waals surface area contributed by atoms with Crippen LogP contribution in [0.15, 0.2) is 23.5 Å². The average molecular weight is 248 g/mol. The Labute approximate surface area is 112 Å². The van der Waals surface area contributed by atoms with Crippen LogP contribution in [-0.4, -0.2) is 6.10 Å². The van der Waals surface area contributed by atoms with Gasteiger partial charge in [-0.25, -0.2) is 0 Å². The number of hydrogen-bond donors (Lipinski definition) is 0. The third kappa shape index (κ3) is 3.40. The van der Waals surface area contributed by atoms with E-state index < -0.39 is 0 Å². The SMILES string of the molecule is CC1CC(C(C)(C)C)=CC=C1OC1CCCCC1. The molecule has 0 aromatic carbocycles. The maximum atomic E-state index is 6.22. The summed E-state index contributed by atoms with van der Waals surface area (Å²) in [5, 5.41) is 0. The highest BCUT2D eigenvalue weighted by Gasteiger charge is 2.25. The van der Waals surface area contributed by atoms with Crippen molar-refractivity contribution in [3.8, 4) is 0 Å². The van der Waals surface area contributed by atoms with Gasteiger partial charge in [0, 0.05) is 5.92 Å². The van der Waals surface area contributed by atoms with E-state index >= 15 is 0 Å². The molecule has 0 aromatic rings. The fourth-order valence-corrected chi connectivity index (χ4v) is 2.93. The van der Waals surface area contributed by atoms with Gasteiger partial charge in [-0.2, -0.15) is 0 Å². The zero-order valence-corrected chi connectivity index (χ0v) is 12.5. The highest BCUT2D eigenvalue weighted by molar-refractivity contribution is 5.26. The van der Waals surface area contributed by atoms with Gasteiger partial charge in [-0.15, -0.1) is 0 Å². The zero-order chi connectivity index (χ0) is 13.2. The third-order valence-electron chi connectivity index (χ3n) is 4.28. The Morgan fingerprint density at radius 2 is 1.72 bits per heavy atom. The van der Waals surface area contributed by atoms with Crippen LogP contribution in [0.3, 0.4) is 0 Å². The first-order chi connectivity index (χ1) is 8.47. The summed E-state index contributed by atoms with van der Waals surface area (Å²) in [5.74, 6) is 1.76. The molecular weight excluding hydrogens is 220 g/mol. The summed E-state index contributed by atoms with van der Waals surface area (Å²) < 4.78 is 6.22. The van der Waals surface area contributed by atoms with Crippen LogP contribution in [0.25, 0.3) is 0 Å². The molecule has 1 heteroatoms. The second-order valence-corrected chi connectivity index (χ2v) is 6.99. The van der Waals surface area contributed by atoms with E-state index in [2.05, 4.69) is 39.8 Å². The van der Waals surface area contributed by atoms with Crippen LogP contribution in [0.1, 0.15) is 66.2 Å². The normalized spacial score (nSPS) is 26.6. The van der Waals surface area contributed by atoms with Gasteiger partial charge in [0.1, 0.15) is 0 Å². The summed E-state index contributed by atoms with van der Waals surface area (Å²) in [4.78, 5) is 0. The van der Waals surface area contributed by atoms with E-state index in [-0.39, 0.29) is 0 Å². The summed E-state index contributed by atoms with van der Waals surface area (Å²) in [5.41, 5.74) is 1.84. The molecule has 1 fully saturated rings. The van der Waals surface area contributed by atoms with E-state index in [0.29, 0.717) is 17.4 Å². The van der Waals surface area contributed by atoms with Gasteiger partial charge in [-0.1, -0.05) is 45.8 Å². The van der Waals surface area contributed by atoms with Crippen LogP contribution >= 0.6 is 0 Å². The van der Waals surface area contributed by atoms with E-state index in [1.54, 1.807) is 5.57 Å². The van der Waals surface area contributed by atoms with Gasteiger partial charge in [0.15, 0.2) is 0 Å². The third-order valence-corrected chi connectivity index (χ3v) is 4.28.